The van der Waals surface area contributed by atoms with Gasteiger partial charge in [-0.25, -0.2) is 19.9 Å². The second-order valence-corrected chi connectivity index (χ2v) is 8.90. The third-order valence-electron chi connectivity index (χ3n) is 5.73. The third kappa shape index (κ3) is 4.55. The van der Waals surface area contributed by atoms with Crippen molar-refractivity contribution in [3.63, 3.8) is 0 Å². The van der Waals surface area contributed by atoms with E-state index < -0.39 is 11.4 Å². The van der Waals surface area contributed by atoms with Gasteiger partial charge in [0.05, 0.1) is 16.7 Å². The molecule has 11 nitrogen and oxygen atoms in total. The quantitative estimate of drug-likeness (QED) is 0.377. The molecular formula is C26H22N10O. The molecule has 1 amide bonds. The first-order valence-corrected chi connectivity index (χ1v) is 11.3. The Labute approximate surface area is 212 Å². The van der Waals surface area contributed by atoms with Gasteiger partial charge in [0.1, 0.15) is 23.2 Å². The molecule has 0 aliphatic heterocycles. The minimum Gasteiger partial charge on any atom is -0.382 e. The maximum Gasteiger partial charge on any atom is 0.274 e. The maximum absolute atomic E-state index is 13.4. The van der Waals surface area contributed by atoms with Gasteiger partial charge in [-0.3, -0.25) is 14.5 Å². The Hall–Kier alpha value is -5.24. The van der Waals surface area contributed by atoms with E-state index in [2.05, 4.69) is 35.3 Å². The first-order chi connectivity index (χ1) is 17.7. The number of nitrogen functional groups attached to an aromatic ring is 1. The highest BCUT2D eigenvalue weighted by atomic mass is 16.2. The van der Waals surface area contributed by atoms with Crippen LogP contribution in [0, 0.1) is 11.3 Å². The molecule has 0 fully saturated rings. The molecule has 5 rings (SSSR count). The first kappa shape index (κ1) is 23.5. The van der Waals surface area contributed by atoms with E-state index in [0.29, 0.717) is 17.1 Å². The smallest absolute Gasteiger partial charge is 0.274 e. The Balaban J connectivity index is 1.60. The lowest BCUT2D eigenvalue weighted by molar-refractivity contribution is 0.0904. The normalized spacial score (nSPS) is 11.3. The number of amides is 1. The van der Waals surface area contributed by atoms with Gasteiger partial charge in [0.25, 0.3) is 5.91 Å². The Morgan fingerprint density at radius 1 is 1.05 bits per heavy atom. The molecule has 4 aromatic heterocycles. The third-order valence-corrected chi connectivity index (χ3v) is 5.73. The van der Waals surface area contributed by atoms with Crippen molar-refractivity contribution in [2.45, 2.75) is 19.4 Å². The Morgan fingerprint density at radius 2 is 1.89 bits per heavy atom. The highest BCUT2D eigenvalue weighted by molar-refractivity contribution is 5.98. The number of carbonyl (C=O) groups excluding carboxylic acids is 1. The van der Waals surface area contributed by atoms with E-state index in [0.717, 1.165) is 16.5 Å². The number of aromatic nitrogens is 7. The molecule has 0 spiro atoms. The van der Waals surface area contributed by atoms with E-state index in [1.165, 1.54) is 12.3 Å². The summed E-state index contributed by atoms with van der Waals surface area (Å²) >= 11 is 0. The molecule has 3 N–H and O–H groups in total. The standard InChI is InChI=1S/C26H22N10O/c1-26(2,25-30-11-8-17(14-27)31-25)34-24(37)22-23(28)33-21(19-9-12-36(3)35-19)20(32-22)16-6-7-18-15(13-16)5-4-10-29-18/h4-13H,1-3H3,(H2,28,33)(H,34,37). The zero-order chi connectivity index (χ0) is 26.2. The molecule has 0 bridgehead atoms. The molecule has 5 aromatic rings. The van der Waals surface area contributed by atoms with E-state index in [1.807, 2.05) is 36.4 Å². The van der Waals surface area contributed by atoms with E-state index in [4.69, 9.17) is 5.73 Å². The molecule has 0 radical (unpaired) electrons. The van der Waals surface area contributed by atoms with Crippen LogP contribution in [0.3, 0.4) is 0 Å². The van der Waals surface area contributed by atoms with Crippen LogP contribution >= 0.6 is 0 Å². The number of nitriles is 1. The Bertz CT molecular complexity index is 1700. The van der Waals surface area contributed by atoms with E-state index in [-0.39, 0.29) is 23.0 Å². The van der Waals surface area contributed by atoms with Crippen LogP contribution < -0.4 is 11.1 Å². The van der Waals surface area contributed by atoms with Gasteiger partial charge in [-0.15, -0.1) is 0 Å². The lowest BCUT2D eigenvalue weighted by atomic mass is 10.0. The molecule has 1 aromatic carbocycles. The predicted molar refractivity (Wildman–Crippen MR) is 137 cm³/mol. The van der Waals surface area contributed by atoms with Crippen molar-refractivity contribution >= 4 is 22.6 Å². The molecule has 182 valence electrons. The number of pyridine rings is 1. The van der Waals surface area contributed by atoms with Gasteiger partial charge in [0, 0.05) is 36.6 Å². The number of hydrogen-bond donors (Lipinski definition) is 2. The van der Waals surface area contributed by atoms with Crippen LogP contribution in [0.1, 0.15) is 35.9 Å². The van der Waals surface area contributed by atoms with Gasteiger partial charge in [-0.2, -0.15) is 10.4 Å². The Morgan fingerprint density at radius 3 is 2.65 bits per heavy atom. The number of nitrogens with zero attached hydrogens (tertiary/aromatic N) is 8. The number of carbonyl (C=O) groups is 1. The van der Waals surface area contributed by atoms with E-state index >= 15 is 0 Å². The fraction of sp³-hybridized carbons (Fsp3) is 0.154. The number of aryl methyl sites for hydroxylation is 1. The van der Waals surface area contributed by atoms with Crippen LogP contribution in [0.25, 0.3) is 33.5 Å². The van der Waals surface area contributed by atoms with Gasteiger partial charge < -0.3 is 11.1 Å². The summed E-state index contributed by atoms with van der Waals surface area (Å²) in [5.74, 6) is -0.331. The van der Waals surface area contributed by atoms with Crippen molar-refractivity contribution in [2.75, 3.05) is 5.73 Å². The van der Waals surface area contributed by atoms with Crippen LogP contribution in [-0.4, -0.2) is 40.6 Å². The lowest BCUT2D eigenvalue weighted by Crippen LogP contribution is -2.43. The van der Waals surface area contributed by atoms with Crippen LogP contribution in [0.4, 0.5) is 5.82 Å². The van der Waals surface area contributed by atoms with Gasteiger partial charge in [-0.05, 0) is 44.2 Å². The predicted octanol–water partition coefficient (Wildman–Crippen LogP) is 3.00. The fourth-order valence-corrected chi connectivity index (χ4v) is 3.88. The Kier molecular flexibility index (Phi) is 5.77. The fourth-order valence-electron chi connectivity index (χ4n) is 3.88. The zero-order valence-corrected chi connectivity index (χ0v) is 20.3. The SMILES string of the molecule is Cn1ccc(-c2nc(N)c(C(=O)NC(C)(C)c3nccc(C#N)n3)nc2-c2ccc3ncccc3c2)n1. The molecule has 0 saturated heterocycles. The highest BCUT2D eigenvalue weighted by Crippen LogP contribution is 2.32. The summed E-state index contributed by atoms with van der Waals surface area (Å²) in [6.07, 6.45) is 4.99. The number of benzene rings is 1. The average molecular weight is 491 g/mol. The first-order valence-electron chi connectivity index (χ1n) is 11.3. The molecule has 0 unspecified atom stereocenters. The molecule has 4 heterocycles. The van der Waals surface area contributed by atoms with Crippen molar-refractivity contribution < 1.29 is 4.79 Å². The number of rotatable bonds is 5. The zero-order valence-electron chi connectivity index (χ0n) is 20.3. The minimum atomic E-state index is -1.02. The number of anilines is 1. The molecule has 0 saturated carbocycles. The van der Waals surface area contributed by atoms with Crippen molar-refractivity contribution in [1.29, 1.82) is 5.26 Å². The van der Waals surface area contributed by atoms with Crippen LogP contribution in [0.5, 0.6) is 0 Å². The van der Waals surface area contributed by atoms with Gasteiger partial charge in [-0.1, -0.05) is 12.1 Å². The van der Waals surface area contributed by atoms with Gasteiger partial charge >= 0.3 is 0 Å². The lowest BCUT2D eigenvalue weighted by Gasteiger charge is -2.24. The summed E-state index contributed by atoms with van der Waals surface area (Å²) in [5, 5.41) is 17.4. The average Bonchev–Trinajstić information content (AvgIpc) is 3.34. The maximum atomic E-state index is 13.4. The van der Waals surface area contributed by atoms with Crippen LogP contribution in [0.15, 0.2) is 61.1 Å². The van der Waals surface area contributed by atoms with Crippen molar-refractivity contribution in [3.05, 3.63) is 78.3 Å². The minimum absolute atomic E-state index is 0.0492. The summed E-state index contributed by atoms with van der Waals surface area (Å²) < 4.78 is 1.65. The summed E-state index contributed by atoms with van der Waals surface area (Å²) in [6, 6.07) is 14.8. The highest BCUT2D eigenvalue weighted by Gasteiger charge is 2.29. The molecule has 11 heteroatoms. The van der Waals surface area contributed by atoms with Gasteiger partial charge in [0.15, 0.2) is 17.3 Å². The van der Waals surface area contributed by atoms with Crippen molar-refractivity contribution in [3.8, 4) is 28.7 Å². The monoisotopic (exact) mass is 490 g/mol. The van der Waals surface area contributed by atoms with Gasteiger partial charge in [0.2, 0.25) is 0 Å². The summed E-state index contributed by atoms with van der Waals surface area (Å²) in [4.78, 5) is 35.5. The van der Waals surface area contributed by atoms with E-state index in [1.54, 1.807) is 44.0 Å². The molecular weight excluding hydrogens is 468 g/mol. The number of nitrogens with one attached hydrogen (secondary N) is 1. The van der Waals surface area contributed by atoms with Crippen LogP contribution in [-0.2, 0) is 12.6 Å². The largest absolute Gasteiger partial charge is 0.382 e. The van der Waals surface area contributed by atoms with Crippen molar-refractivity contribution in [1.82, 2.24) is 40.0 Å². The second-order valence-electron chi connectivity index (χ2n) is 8.90. The van der Waals surface area contributed by atoms with E-state index in [9.17, 15) is 10.1 Å². The summed E-state index contributed by atoms with van der Waals surface area (Å²) in [6.45, 7) is 3.45. The molecule has 0 aliphatic rings. The number of fused-ring (bicyclic) bond motifs is 1. The number of hydrogen-bond acceptors (Lipinski definition) is 9. The summed E-state index contributed by atoms with van der Waals surface area (Å²) in [5.41, 5.74) is 8.39. The second kappa shape index (κ2) is 9.09. The molecule has 37 heavy (non-hydrogen) atoms. The van der Waals surface area contributed by atoms with Crippen molar-refractivity contribution in [2.24, 2.45) is 7.05 Å². The molecule has 0 aliphatic carbocycles. The summed E-state index contributed by atoms with van der Waals surface area (Å²) in [7, 11) is 1.80. The van der Waals surface area contributed by atoms with Crippen LogP contribution in [0.2, 0.25) is 0 Å². The molecule has 0 atom stereocenters. The topological polar surface area (TPSA) is 161 Å². The number of nitrogens with two attached hydrogens (primary N) is 1.